The standard InChI is InChI=1S/C13H28N4.C2H6/c1-14-11-15-12-3-5-13(6-4-12)17-9-7-16(2)8-10-17;1-2/h12-15H,3-11H2,1-2H3;1-2H3. The fourth-order valence-corrected chi connectivity index (χ4v) is 3.08. The van der Waals surface area contributed by atoms with Crippen molar-refractivity contribution >= 4 is 0 Å². The van der Waals surface area contributed by atoms with Gasteiger partial charge in [-0.05, 0) is 39.8 Å². The molecule has 0 aromatic rings. The zero-order valence-electron chi connectivity index (χ0n) is 13.4. The summed E-state index contributed by atoms with van der Waals surface area (Å²) in [5.74, 6) is 0. The highest BCUT2D eigenvalue weighted by Crippen LogP contribution is 2.23. The molecular weight excluding hydrogens is 236 g/mol. The first-order valence-corrected chi connectivity index (χ1v) is 8.10. The van der Waals surface area contributed by atoms with E-state index in [0.717, 1.165) is 18.8 Å². The maximum atomic E-state index is 3.56. The van der Waals surface area contributed by atoms with E-state index in [1.165, 1.54) is 51.9 Å². The molecule has 0 spiro atoms. The van der Waals surface area contributed by atoms with Crippen molar-refractivity contribution in [2.75, 3.05) is 46.9 Å². The van der Waals surface area contributed by atoms with E-state index in [9.17, 15) is 0 Å². The number of nitrogens with zero attached hydrogens (tertiary/aromatic N) is 2. The van der Waals surface area contributed by atoms with E-state index in [2.05, 4.69) is 27.5 Å². The smallest absolute Gasteiger partial charge is 0.0453 e. The molecule has 2 N–H and O–H groups in total. The van der Waals surface area contributed by atoms with Crippen LogP contribution in [0.25, 0.3) is 0 Å². The Bertz CT molecular complexity index is 206. The summed E-state index contributed by atoms with van der Waals surface area (Å²) in [6.07, 6.45) is 5.45. The molecule has 0 aromatic carbocycles. The van der Waals surface area contributed by atoms with Crippen molar-refractivity contribution in [3.63, 3.8) is 0 Å². The largest absolute Gasteiger partial charge is 0.308 e. The molecule has 1 aliphatic heterocycles. The molecule has 0 bridgehead atoms. The first-order valence-electron chi connectivity index (χ1n) is 8.10. The third-order valence-corrected chi connectivity index (χ3v) is 4.32. The molecule has 0 unspecified atom stereocenters. The van der Waals surface area contributed by atoms with Crippen LogP contribution in [-0.2, 0) is 0 Å². The van der Waals surface area contributed by atoms with Gasteiger partial charge in [0.05, 0.1) is 0 Å². The van der Waals surface area contributed by atoms with E-state index >= 15 is 0 Å². The number of piperazine rings is 1. The first-order chi connectivity index (χ1) is 9.29. The first kappa shape index (κ1) is 16.9. The van der Waals surface area contributed by atoms with Gasteiger partial charge < -0.3 is 15.5 Å². The highest BCUT2D eigenvalue weighted by Gasteiger charge is 2.27. The summed E-state index contributed by atoms with van der Waals surface area (Å²) < 4.78 is 0. The molecule has 0 amide bonds. The number of hydrogen-bond donors (Lipinski definition) is 2. The van der Waals surface area contributed by atoms with Crippen molar-refractivity contribution in [2.24, 2.45) is 0 Å². The Hall–Kier alpha value is -0.160. The Balaban J connectivity index is 0.000000861. The van der Waals surface area contributed by atoms with Crippen LogP contribution in [-0.4, -0.2) is 68.8 Å². The Morgan fingerprint density at radius 3 is 2.05 bits per heavy atom. The van der Waals surface area contributed by atoms with Gasteiger partial charge in [0.1, 0.15) is 0 Å². The van der Waals surface area contributed by atoms with Gasteiger partial charge in [-0.2, -0.15) is 0 Å². The number of likely N-dealkylation sites (N-methyl/N-ethyl adjacent to an activating group) is 1. The van der Waals surface area contributed by atoms with Gasteiger partial charge in [-0.3, -0.25) is 4.90 Å². The lowest BCUT2D eigenvalue weighted by Gasteiger charge is -2.41. The van der Waals surface area contributed by atoms with Crippen LogP contribution in [0.15, 0.2) is 0 Å². The highest BCUT2D eigenvalue weighted by atomic mass is 15.3. The molecule has 4 nitrogen and oxygen atoms in total. The van der Waals surface area contributed by atoms with E-state index < -0.39 is 0 Å². The maximum absolute atomic E-state index is 3.56. The second-order valence-electron chi connectivity index (χ2n) is 5.58. The van der Waals surface area contributed by atoms with E-state index in [1.807, 2.05) is 20.9 Å². The van der Waals surface area contributed by atoms with Gasteiger partial charge in [0, 0.05) is 44.9 Å². The fraction of sp³-hybridized carbons (Fsp3) is 1.00. The average Bonchev–Trinajstić information content (AvgIpc) is 2.49. The van der Waals surface area contributed by atoms with Crippen LogP contribution in [0.4, 0.5) is 0 Å². The summed E-state index contributed by atoms with van der Waals surface area (Å²) in [6.45, 7) is 9.99. The summed E-state index contributed by atoms with van der Waals surface area (Å²) in [6, 6.07) is 1.60. The number of nitrogens with one attached hydrogen (secondary N) is 2. The van der Waals surface area contributed by atoms with Gasteiger partial charge in [0.15, 0.2) is 0 Å². The quantitative estimate of drug-likeness (QED) is 0.755. The molecule has 19 heavy (non-hydrogen) atoms. The molecule has 1 saturated carbocycles. The molecule has 0 aromatic heterocycles. The van der Waals surface area contributed by atoms with E-state index in [-0.39, 0.29) is 0 Å². The lowest BCUT2D eigenvalue weighted by molar-refractivity contribution is 0.0852. The number of rotatable bonds is 4. The third kappa shape index (κ3) is 5.78. The minimum absolute atomic E-state index is 0.742. The monoisotopic (exact) mass is 270 g/mol. The Kier molecular flexibility index (Phi) is 8.62. The minimum atomic E-state index is 0.742. The molecule has 1 aliphatic carbocycles. The van der Waals surface area contributed by atoms with Crippen molar-refractivity contribution in [2.45, 2.75) is 51.6 Å². The van der Waals surface area contributed by atoms with Gasteiger partial charge in [-0.15, -0.1) is 0 Å². The molecule has 2 fully saturated rings. The summed E-state index contributed by atoms with van der Waals surface area (Å²) >= 11 is 0. The molecule has 1 saturated heterocycles. The predicted octanol–water partition coefficient (Wildman–Crippen LogP) is 1.34. The topological polar surface area (TPSA) is 30.5 Å². The SMILES string of the molecule is CC.CNCNC1CCC(N2CCN(C)CC2)CC1. The molecule has 2 rings (SSSR count). The van der Waals surface area contributed by atoms with E-state index in [0.29, 0.717) is 0 Å². The second-order valence-corrected chi connectivity index (χ2v) is 5.58. The fourth-order valence-electron chi connectivity index (χ4n) is 3.08. The summed E-state index contributed by atoms with van der Waals surface area (Å²) in [5, 5.41) is 6.73. The third-order valence-electron chi connectivity index (χ3n) is 4.32. The van der Waals surface area contributed by atoms with Crippen molar-refractivity contribution in [3.8, 4) is 0 Å². The average molecular weight is 270 g/mol. The van der Waals surface area contributed by atoms with Crippen LogP contribution in [0.2, 0.25) is 0 Å². The van der Waals surface area contributed by atoms with E-state index in [1.54, 1.807) is 0 Å². The summed E-state index contributed by atoms with van der Waals surface area (Å²) in [5.41, 5.74) is 0. The van der Waals surface area contributed by atoms with Gasteiger partial charge in [-0.1, -0.05) is 13.8 Å². The van der Waals surface area contributed by atoms with Crippen LogP contribution in [0, 0.1) is 0 Å². The van der Waals surface area contributed by atoms with Crippen molar-refractivity contribution < 1.29 is 0 Å². The molecule has 0 radical (unpaired) electrons. The van der Waals surface area contributed by atoms with Gasteiger partial charge in [-0.25, -0.2) is 0 Å². The lowest BCUT2D eigenvalue weighted by atomic mass is 9.90. The van der Waals surface area contributed by atoms with Gasteiger partial charge in [0.25, 0.3) is 0 Å². The molecule has 0 atom stereocenters. The van der Waals surface area contributed by atoms with E-state index in [4.69, 9.17) is 0 Å². The molecule has 4 heteroatoms. The number of hydrogen-bond acceptors (Lipinski definition) is 4. The molecule has 114 valence electrons. The zero-order chi connectivity index (χ0) is 14.1. The van der Waals surface area contributed by atoms with Crippen LogP contribution in [0.3, 0.4) is 0 Å². The minimum Gasteiger partial charge on any atom is -0.308 e. The Labute approximate surface area is 119 Å². The second kappa shape index (κ2) is 9.70. The maximum Gasteiger partial charge on any atom is 0.0453 e. The van der Waals surface area contributed by atoms with Crippen LogP contribution in [0.5, 0.6) is 0 Å². The van der Waals surface area contributed by atoms with Gasteiger partial charge in [0.2, 0.25) is 0 Å². The normalized spacial score (nSPS) is 29.7. The Morgan fingerprint density at radius 1 is 0.947 bits per heavy atom. The predicted molar refractivity (Wildman–Crippen MR) is 83.5 cm³/mol. The zero-order valence-corrected chi connectivity index (χ0v) is 13.4. The van der Waals surface area contributed by atoms with Crippen molar-refractivity contribution in [1.29, 1.82) is 0 Å². The molecule has 2 aliphatic rings. The van der Waals surface area contributed by atoms with Gasteiger partial charge >= 0.3 is 0 Å². The summed E-state index contributed by atoms with van der Waals surface area (Å²) in [7, 11) is 4.23. The van der Waals surface area contributed by atoms with Crippen molar-refractivity contribution in [1.82, 2.24) is 20.4 Å². The van der Waals surface area contributed by atoms with Crippen molar-refractivity contribution in [3.05, 3.63) is 0 Å². The summed E-state index contributed by atoms with van der Waals surface area (Å²) in [4.78, 5) is 5.16. The van der Waals surface area contributed by atoms with Crippen LogP contribution >= 0.6 is 0 Å². The van der Waals surface area contributed by atoms with Crippen LogP contribution < -0.4 is 10.6 Å². The Morgan fingerprint density at radius 2 is 1.53 bits per heavy atom. The molecule has 1 heterocycles. The van der Waals surface area contributed by atoms with Crippen LogP contribution in [0.1, 0.15) is 39.5 Å². The lowest BCUT2D eigenvalue weighted by Crippen LogP contribution is -2.51. The highest BCUT2D eigenvalue weighted by molar-refractivity contribution is 4.84. The molecular formula is C15H34N4.